The summed E-state index contributed by atoms with van der Waals surface area (Å²) in [6.45, 7) is 2.13. The van der Waals surface area contributed by atoms with Gasteiger partial charge in [0.1, 0.15) is 6.61 Å². The van der Waals surface area contributed by atoms with Gasteiger partial charge in [-0.15, -0.1) is 0 Å². The van der Waals surface area contributed by atoms with Crippen LogP contribution < -0.4 is 5.32 Å². The van der Waals surface area contributed by atoms with Crippen molar-refractivity contribution in [3.05, 3.63) is 65.7 Å². The van der Waals surface area contributed by atoms with Crippen molar-refractivity contribution in [3.8, 4) is 0 Å². The van der Waals surface area contributed by atoms with Crippen LogP contribution in [0.15, 0.2) is 54.6 Å². The second kappa shape index (κ2) is 8.55. The summed E-state index contributed by atoms with van der Waals surface area (Å²) in [6, 6.07) is 13.3. The summed E-state index contributed by atoms with van der Waals surface area (Å²) in [5, 5.41) is 3.12. The third-order valence-electron chi connectivity index (χ3n) is 3.65. The zero-order valence-electron chi connectivity index (χ0n) is 13.8. The highest BCUT2D eigenvalue weighted by Crippen LogP contribution is 2.30. The van der Waals surface area contributed by atoms with Crippen LogP contribution in [0, 0.1) is 0 Å². The SMILES string of the molecule is CCCC(COC(=O)c1ccccc1)Nc1ccc(C(F)(F)F)cc1. The second-order valence-corrected chi connectivity index (χ2v) is 5.67. The van der Waals surface area contributed by atoms with Crippen LogP contribution in [-0.2, 0) is 10.9 Å². The number of anilines is 1. The fourth-order valence-electron chi connectivity index (χ4n) is 2.37. The van der Waals surface area contributed by atoms with Crippen LogP contribution in [0.25, 0.3) is 0 Å². The van der Waals surface area contributed by atoms with Gasteiger partial charge in [-0.2, -0.15) is 13.2 Å². The molecule has 0 amide bonds. The summed E-state index contributed by atoms with van der Waals surface area (Å²) < 4.78 is 43.1. The van der Waals surface area contributed by atoms with Crippen LogP contribution in [0.5, 0.6) is 0 Å². The molecule has 134 valence electrons. The summed E-state index contributed by atoms with van der Waals surface area (Å²) in [6.07, 6.45) is -2.78. The number of rotatable bonds is 7. The van der Waals surface area contributed by atoms with Crippen LogP contribution in [0.3, 0.4) is 0 Å². The normalized spacial score (nSPS) is 12.5. The Bertz CT molecular complexity index is 669. The summed E-state index contributed by atoms with van der Waals surface area (Å²) in [7, 11) is 0. The molecule has 1 unspecified atom stereocenters. The molecule has 0 aromatic heterocycles. The van der Waals surface area contributed by atoms with E-state index in [9.17, 15) is 18.0 Å². The maximum atomic E-state index is 12.6. The van der Waals surface area contributed by atoms with Gasteiger partial charge in [0, 0.05) is 5.69 Å². The fraction of sp³-hybridized carbons (Fsp3) is 0.316. The number of esters is 1. The lowest BCUT2D eigenvalue weighted by molar-refractivity contribution is -0.137. The van der Waals surface area contributed by atoms with Gasteiger partial charge in [-0.3, -0.25) is 0 Å². The molecule has 0 aliphatic rings. The minimum Gasteiger partial charge on any atom is -0.460 e. The molecule has 0 aliphatic heterocycles. The maximum Gasteiger partial charge on any atom is 0.416 e. The van der Waals surface area contributed by atoms with Crippen molar-refractivity contribution in [1.29, 1.82) is 0 Å². The summed E-state index contributed by atoms with van der Waals surface area (Å²) in [5.74, 6) is -0.420. The van der Waals surface area contributed by atoms with Gasteiger partial charge in [-0.05, 0) is 42.8 Å². The van der Waals surface area contributed by atoms with Crippen molar-refractivity contribution in [1.82, 2.24) is 0 Å². The van der Waals surface area contributed by atoms with E-state index in [1.807, 2.05) is 13.0 Å². The molecule has 0 radical (unpaired) electrons. The number of halogens is 3. The van der Waals surface area contributed by atoms with E-state index in [1.54, 1.807) is 24.3 Å². The van der Waals surface area contributed by atoms with Crippen molar-refractivity contribution in [3.63, 3.8) is 0 Å². The molecule has 0 bridgehead atoms. The van der Waals surface area contributed by atoms with Gasteiger partial charge in [0.05, 0.1) is 17.2 Å². The average molecular weight is 351 g/mol. The minimum absolute atomic E-state index is 0.141. The van der Waals surface area contributed by atoms with Crippen molar-refractivity contribution in [2.45, 2.75) is 32.0 Å². The lowest BCUT2D eigenvalue weighted by atomic mass is 10.1. The number of carbonyl (C=O) groups excluding carboxylic acids is 1. The molecule has 2 rings (SSSR count). The maximum absolute atomic E-state index is 12.6. The lowest BCUT2D eigenvalue weighted by Crippen LogP contribution is -2.27. The van der Waals surface area contributed by atoms with Crippen molar-refractivity contribution >= 4 is 11.7 Å². The Morgan fingerprint density at radius 1 is 1.08 bits per heavy atom. The van der Waals surface area contributed by atoms with E-state index in [4.69, 9.17) is 4.74 Å². The standard InChI is InChI=1S/C19H20F3NO2/c1-2-6-17(13-25-18(24)14-7-4-3-5-8-14)23-16-11-9-15(10-12-16)19(20,21)22/h3-5,7-12,17,23H,2,6,13H2,1H3. The predicted octanol–water partition coefficient (Wildman–Crippen LogP) is 5.14. The highest BCUT2D eigenvalue weighted by molar-refractivity contribution is 5.89. The van der Waals surface area contributed by atoms with Gasteiger partial charge in [-0.25, -0.2) is 4.79 Å². The van der Waals surface area contributed by atoms with E-state index < -0.39 is 17.7 Å². The Hall–Kier alpha value is -2.50. The molecule has 1 atom stereocenters. The zero-order chi connectivity index (χ0) is 18.3. The van der Waals surface area contributed by atoms with E-state index in [2.05, 4.69) is 5.32 Å². The van der Waals surface area contributed by atoms with E-state index in [0.717, 1.165) is 25.0 Å². The van der Waals surface area contributed by atoms with E-state index >= 15 is 0 Å². The van der Waals surface area contributed by atoms with Gasteiger partial charge in [0.25, 0.3) is 0 Å². The Morgan fingerprint density at radius 2 is 1.72 bits per heavy atom. The molecule has 0 saturated heterocycles. The fourth-order valence-corrected chi connectivity index (χ4v) is 2.37. The number of carbonyl (C=O) groups is 1. The van der Waals surface area contributed by atoms with Gasteiger partial charge in [0.2, 0.25) is 0 Å². The summed E-state index contributed by atoms with van der Waals surface area (Å²) in [4.78, 5) is 12.0. The third kappa shape index (κ3) is 5.81. The lowest BCUT2D eigenvalue weighted by Gasteiger charge is -2.20. The quantitative estimate of drug-likeness (QED) is 0.702. The molecule has 0 fully saturated rings. The summed E-state index contributed by atoms with van der Waals surface area (Å²) >= 11 is 0. The van der Waals surface area contributed by atoms with Gasteiger partial charge < -0.3 is 10.1 Å². The number of hydrogen-bond donors (Lipinski definition) is 1. The number of hydrogen-bond acceptors (Lipinski definition) is 3. The van der Waals surface area contributed by atoms with Crippen molar-refractivity contribution in [2.24, 2.45) is 0 Å². The highest BCUT2D eigenvalue weighted by atomic mass is 19.4. The van der Waals surface area contributed by atoms with Crippen molar-refractivity contribution < 1.29 is 22.7 Å². The molecule has 0 heterocycles. The molecule has 6 heteroatoms. The molecule has 0 aliphatic carbocycles. The molecule has 0 spiro atoms. The van der Waals surface area contributed by atoms with Crippen LogP contribution in [0.4, 0.5) is 18.9 Å². The van der Waals surface area contributed by atoms with E-state index in [0.29, 0.717) is 11.3 Å². The van der Waals surface area contributed by atoms with Crippen LogP contribution in [0.2, 0.25) is 0 Å². The van der Waals surface area contributed by atoms with Crippen LogP contribution in [-0.4, -0.2) is 18.6 Å². The third-order valence-corrected chi connectivity index (χ3v) is 3.65. The zero-order valence-corrected chi connectivity index (χ0v) is 13.8. The second-order valence-electron chi connectivity index (χ2n) is 5.67. The first-order chi connectivity index (χ1) is 11.9. The molecular weight excluding hydrogens is 331 g/mol. The number of benzene rings is 2. The Morgan fingerprint density at radius 3 is 2.28 bits per heavy atom. The van der Waals surface area contributed by atoms with Gasteiger partial charge in [-0.1, -0.05) is 31.5 Å². The molecule has 25 heavy (non-hydrogen) atoms. The smallest absolute Gasteiger partial charge is 0.416 e. The first kappa shape index (κ1) is 18.8. The predicted molar refractivity (Wildman–Crippen MR) is 90.5 cm³/mol. The van der Waals surface area contributed by atoms with E-state index in [1.165, 1.54) is 12.1 Å². The largest absolute Gasteiger partial charge is 0.460 e. The van der Waals surface area contributed by atoms with Gasteiger partial charge in [0.15, 0.2) is 0 Å². The molecule has 1 N–H and O–H groups in total. The van der Waals surface area contributed by atoms with Crippen LogP contribution in [0.1, 0.15) is 35.7 Å². The van der Waals surface area contributed by atoms with Crippen molar-refractivity contribution in [2.75, 3.05) is 11.9 Å². The Kier molecular flexibility index (Phi) is 6.44. The average Bonchev–Trinajstić information content (AvgIpc) is 2.60. The first-order valence-electron chi connectivity index (χ1n) is 8.06. The molecule has 3 nitrogen and oxygen atoms in total. The Labute approximate surface area is 144 Å². The first-order valence-corrected chi connectivity index (χ1v) is 8.06. The summed E-state index contributed by atoms with van der Waals surface area (Å²) in [5.41, 5.74) is 0.329. The van der Waals surface area contributed by atoms with Gasteiger partial charge >= 0.3 is 12.1 Å². The monoisotopic (exact) mass is 351 g/mol. The molecule has 2 aromatic rings. The van der Waals surface area contributed by atoms with Crippen LogP contribution >= 0.6 is 0 Å². The minimum atomic E-state index is -4.35. The number of alkyl halides is 3. The topological polar surface area (TPSA) is 38.3 Å². The molecular formula is C19H20F3NO2. The highest BCUT2D eigenvalue weighted by Gasteiger charge is 2.30. The number of ether oxygens (including phenoxy) is 1. The molecule has 0 saturated carbocycles. The number of nitrogens with one attached hydrogen (secondary N) is 1. The molecule has 2 aromatic carbocycles. The Balaban J connectivity index is 1.95. The van der Waals surface area contributed by atoms with E-state index in [-0.39, 0.29) is 12.6 Å².